The summed E-state index contributed by atoms with van der Waals surface area (Å²) in [6, 6.07) is 0. The Morgan fingerprint density at radius 1 is 1.43 bits per heavy atom. The first kappa shape index (κ1) is 15.0. The Morgan fingerprint density at radius 2 is 2.10 bits per heavy atom. The summed E-state index contributed by atoms with van der Waals surface area (Å²) in [5.74, 6) is -1.69. The molecule has 2 rings (SSSR count). The van der Waals surface area contributed by atoms with E-state index in [-0.39, 0.29) is 17.8 Å². The number of carbonyl (C=O) groups excluding carboxylic acids is 1. The zero-order chi connectivity index (χ0) is 15.7. The molecule has 1 amide bonds. The molecule has 0 aliphatic rings. The first-order valence-electron chi connectivity index (χ1n) is 6.00. The number of carboxylic acids is 1. The highest BCUT2D eigenvalue weighted by Gasteiger charge is 2.24. The lowest BCUT2D eigenvalue weighted by Crippen LogP contribution is -2.29. The quantitative estimate of drug-likeness (QED) is 0.900. The zero-order valence-electron chi connectivity index (χ0n) is 11.7. The molecule has 0 aliphatic carbocycles. The second kappa shape index (κ2) is 5.57. The summed E-state index contributed by atoms with van der Waals surface area (Å²) in [5.41, 5.74) is 0.413. The second-order valence-corrected chi connectivity index (χ2v) is 5.00. The zero-order valence-corrected chi connectivity index (χ0v) is 12.5. The monoisotopic (exact) mass is 311 g/mol. The lowest BCUT2D eigenvalue weighted by atomic mass is 10.2. The molecule has 0 saturated heterocycles. The lowest BCUT2D eigenvalue weighted by Gasteiger charge is -2.16. The summed E-state index contributed by atoms with van der Waals surface area (Å²) in [6.45, 7) is 0.198. The van der Waals surface area contributed by atoms with E-state index in [0.29, 0.717) is 10.7 Å². The first-order chi connectivity index (χ1) is 9.81. The Kier molecular flexibility index (Phi) is 3.99. The highest BCUT2D eigenvalue weighted by atomic mass is 35.5. The maximum atomic E-state index is 12.3. The fourth-order valence-corrected chi connectivity index (χ4v) is 2.12. The smallest absolute Gasteiger partial charge is 0.339 e. The van der Waals surface area contributed by atoms with Gasteiger partial charge >= 0.3 is 5.97 Å². The van der Waals surface area contributed by atoms with E-state index in [1.807, 2.05) is 0 Å². The van der Waals surface area contributed by atoms with Crippen LogP contribution in [0.15, 0.2) is 12.4 Å². The van der Waals surface area contributed by atoms with E-state index in [2.05, 4.69) is 10.2 Å². The van der Waals surface area contributed by atoms with Gasteiger partial charge in [0.05, 0.1) is 23.5 Å². The minimum absolute atomic E-state index is 0.106. The van der Waals surface area contributed by atoms with Crippen molar-refractivity contribution in [3.05, 3.63) is 34.4 Å². The third kappa shape index (κ3) is 2.89. The predicted octanol–water partition coefficient (Wildman–Crippen LogP) is 0.777. The van der Waals surface area contributed by atoms with Crippen LogP contribution in [0.2, 0.25) is 5.02 Å². The Morgan fingerprint density at radius 3 is 2.62 bits per heavy atom. The molecule has 1 N–H and O–H groups in total. The van der Waals surface area contributed by atoms with Gasteiger partial charge in [-0.25, -0.2) is 4.79 Å². The number of carboxylic acid groups (broad SMARTS) is 1. The van der Waals surface area contributed by atoms with Crippen molar-refractivity contribution in [1.29, 1.82) is 0 Å². The molecule has 0 saturated carbocycles. The Hall–Kier alpha value is -2.35. The van der Waals surface area contributed by atoms with Gasteiger partial charge in [-0.1, -0.05) is 11.6 Å². The van der Waals surface area contributed by atoms with Crippen molar-refractivity contribution in [3.63, 3.8) is 0 Å². The van der Waals surface area contributed by atoms with Crippen molar-refractivity contribution >= 4 is 23.5 Å². The van der Waals surface area contributed by atoms with Gasteiger partial charge in [0.15, 0.2) is 5.69 Å². The molecule has 0 fully saturated rings. The molecule has 0 aliphatic heterocycles. The molecule has 2 aromatic heterocycles. The van der Waals surface area contributed by atoms with Crippen LogP contribution in [0.25, 0.3) is 0 Å². The molecule has 112 valence electrons. The number of hydrogen-bond acceptors (Lipinski definition) is 4. The molecule has 2 aromatic rings. The van der Waals surface area contributed by atoms with Crippen LogP contribution in [-0.2, 0) is 20.6 Å². The molecular formula is C12H14ClN5O3. The number of aromatic nitrogens is 4. The van der Waals surface area contributed by atoms with Gasteiger partial charge in [0.2, 0.25) is 0 Å². The van der Waals surface area contributed by atoms with Crippen molar-refractivity contribution in [1.82, 2.24) is 24.5 Å². The third-order valence-electron chi connectivity index (χ3n) is 3.01. The molecule has 2 heterocycles. The number of rotatable bonds is 4. The van der Waals surface area contributed by atoms with Gasteiger partial charge in [0.25, 0.3) is 5.91 Å². The molecule has 8 nitrogen and oxygen atoms in total. The van der Waals surface area contributed by atoms with Crippen LogP contribution >= 0.6 is 11.6 Å². The fraction of sp³-hybridized carbons (Fsp3) is 0.333. The van der Waals surface area contributed by atoms with Gasteiger partial charge in [-0.05, 0) is 0 Å². The Bertz CT molecular complexity index is 686. The lowest BCUT2D eigenvalue weighted by molar-refractivity contribution is 0.0679. The van der Waals surface area contributed by atoms with Crippen molar-refractivity contribution in [2.45, 2.75) is 6.54 Å². The molecule has 0 unspecified atom stereocenters. The van der Waals surface area contributed by atoms with Crippen LogP contribution in [0.5, 0.6) is 0 Å². The van der Waals surface area contributed by atoms with Crippen LogP contribution in [0.3, 0.4) is 0 Å². The third-order valence-corrected chi connectivity index (χ3v) is 3.32. The normalized spacial score (nSPS) is 10.7. The Balaban J connectivity index is 2.26. The van der Waals surface area contributed by atoms with Crippen LogP contribution in [0, 0.1) is 0 Å². The van der Waals surface area contributed by atoms with Crippen molar-refractivity contribution in [2.24, 2.45) is 14.1 Å². The van der Waals surface area contributed by atoms with Crippen LogP contribution in [0.1, 0.15) is 26.5 Å². The maximum absolute atomic E-state index is 12.3. The van der Waals surface area contributed by atoms with Crippen molar-refractivity contribution in [2.75, 3.05) is 7.05 Å². The van der Waals surface area contributed by atoms with E-state index < -0.39 is 11.9 Å². The van der Waals surface area contributed by atoms with E-state index in [0.717, 1.165) is 0 Å². The summed E-state index contributed by atoms with van der Waals surface area (Å²) in [7, 11) is 4.82. The van der Waals surface area contributed by atoms with E-state index in [4.69, 9.17) is 16.7 Å². The summed E-state index contributed by atoms with van der Waals surface area (Å²) in [4.78, 5) is 24.8. The minimum atomic E-state index is -1.20. The highest BCUT2D eigenvalue weighted by Crippen LogP contribution is 2.17. The van der Waals surface area contributed by atoms with Crippen LogP contribution < -0.4 is 0 Å². The van der Waals surface area contributed by atoms with Gasteiger partial charge < -0.3 is 10.0 Å². The number of halogens is 1. The van der Waals surface area contributed by atoms with Gasteiger partial charge in [0, 0.05) is 27.3 Å². The molecule has 0 aromatic carbocycles. The number of carbonyl (C=O) groups is 2. The topological polar surface area (TPSA) is 93.3 Å². The van der Waals surface area contributed by atoms with Gasteiger partial charge in [-0.2, -0.15) is 10.2 Å². The number of nitrogens with zero attached hydrogens (tertiary/aromatic N) is 5. The average molecular weight is 312 g/mol. The standard InChI is InChI=1S/C12H14ClN5O3/c1-16(6-9-8(13)4-14-18(9)3)11(19)10-7(12(20)21)5-17(2)15-10/h4-5H,6H2,1-3H3,(H,20,21). The number of hydrogen-bond donors (Lipinski definition) is 1. The maximum Gasteiger partial charge on any atom is 0.339 e. The van der Waals surface area contributed by atoms with E-state index in [1.165, 1.54) is 22.0 Å². The predicted molar refractivity (Wildman–Crippen MR) is 74.2 cm³/mol. The molecule has 0 atom stereocenters. The van der Waals surface area contributed by atoms with Gasteiger partial charge in [0.1, 0.15) is 5.56 Å². The van der Waals surface area contributed by atoms with E-state index in [9.17, 15) is 9.59 Å². The second-order valence-electron chi connectivity index (χ2n) is 4.59. The average Bonchev–Trinajstić information content (AvgIpc) is 2.95. The molecule has 21 heavy (non-hydrogen) atoms. The largest absolute Gasteiger partial charge is 0.478 e. The van der Waals surface area contributed by atoms with E-state index >= 15 is 0 Å². The highest BCUT2D eigenvalue weighted by molar-refractivity contribution is 6.31. The number of aryl methyl sites for hydroxylation is 2. The summed E-state index contributed by atoms with van der Waals surface area (Å²) < 4.78 is 2.85. The fourth-order valence-electron chi connectivity index (χ4n) is 1.89. The van der Waals surface area contributed by atoms with Gasteiger partial charge in [-0.3, -0.25) is 14.2 Å². The van der Waals surface area contributed by atoms with Crippen LogP contribution in [-0.4, -0.2) is 48.5 Å². The molecular weight excluding hydrogens is 298 g/mol. The summed E-state index contributed by atoms with van der Waals surface area (Å²) >= 11 is 5.99. The number of aromatic carboxylic acids is 1. The molecule has 0 bridgehead atoms. The summed E-state index contributed by atoms with van der Waals surface area (Å²) in [6.07, 6.45) is 2.78. The molecule has 0 spiro atoms. The number of amides is 1. The summed E-state index contributed by atoms with van der Waals surface area (Å²) in [5, 5.41) is 17.4. The van der Waals surface area contributed by atoms with Gasteiger partial charge in [-0.15, -0.1) is 0 Å². The Labute approximate surface area is 125 Å². The SMILES string of the molecule is CN(Cc1c(Cl)cnn1C)C(=O)c1nn(C)cc1C(=O)O. The van der Waals surface area contributed by atoms with Crippen molar-refractivity contribution < 1.29 is 14.7 Å². The van der Waals surface area contributed by atoms with E-state index in [1.54, 1.807) is 25.8 Å². The first-order valence-corrected chi connectivity index (χ1v) is 6.37. The minimum Gasteiger partial charge on any atom is -0.478 e. The van der Waals surface area contributed by atoms with Crippen molar-refractivity contribution in [3.8, 4) is 0 Å². The molecule has 0 radical (unpaired) electrons. The van der Waals surface area contributed by atoms with Crippen LogP contribution in [0.4, 0.5) is 0 Å². The molecule has 9 heteroatoms.